The van der Waals surface area contributed by atoms with Crippen LogP contribution in [-0.2, 0) is 11.2 Å². The number of amides is 1. The van der Waals surface area contributed by atoms with E-state index in [9.17, 15) is 4.79 Å². The molecule has 0 aromatic heterocycles. The molecule has 0 aliphatic heterocycles. The SMILES string of the molecule is C[C@H](Oc1cccc2ccccc12)C(=O)NC(C)(C)Cc1ccccc1. The van der Waals surface area contributed by atoms with Crippen LogP contribution in [0.1, 0.15) is 26.3 Å². The maximum atomic E-state index is 12.7. The van der Waals surface area contributed by atoms with E-state index in [1.807, 2.05) is 74.5 Å². The second-order valence-electron chi connectivity index (χ2n) is 7.27. The zero-order valence-electron chi connectivity index (χ0n) is 15.5. The summed E-state index contributed by atoms with van der Waals surface area (Å²) in [6.45, 7) is 5.85. The molecule has 0 bridgehead atoms. The van der Waals surface area contributed by atoms with Gasteiger partial charge < -0.3 is 10.1 Å². The summed E-state index contributed by atoms with van der Waals surface area (Å²) in [4.78, 5) is 12.7. The first kappa shape index (κ1) is 18.0. The van der Waals surface area contributed by atoms with Crippen LogP contribution in [0.5, 0.6) is 5.75 Å². The van der Waals surface area contributed by atoms with Crippen molar-refractivity contribution in [3.8, 4) is 5.75 Å². The van der Waals surface area contributed by atoms with E-state index in [-0.39, 0.29) is 11.4 Å². The van der Waals surface area contributed by atoms with Crippen molar-refractivity contribution in [1.82, 2.24) is 5.32 Å². The van der Waals surface area contributed by atoms with Crippen molar-refractivity contribution >= 4 is 16.7 Å². The number of benzene rings is 3. The molecule has 1 amide bonds. The molecule has 3 heteroatoms. The van der Waals surface area contributed by atoms with Gasteiger partial charge in [-0.15, -0.1) is 0 Å². The third kappa shape index (κ3) is 4.42. The minimum absolute atomic E-state index is 0.112. The Bertz CT molecular complexity index is 882. The molecule has 0 fully saturated rings. The number of rotatable bonds is 6. The predicted octanol–water partition coefficient (Wildman–Crippen LogP) is 4.74. The smallest absolute Gasteiger partial charge is 0.261 e. The summed E-state index contributed by atoms with van der Waals surface area (Å²) >= 11 is 0. The molecule has 1 atom stereocenters. The van der Waals surface area contributed by atoms with Gasteiger partial charge in [0, 0.05) is 10.9 Å². The van der Waals surface area contributed by atoms with Gasteiger partial charge in [-0.1, -0.05) is 66.7 Å². The highest BCUT2D eigenvalue weighted by Gasteiger charge is 2.25. The topological polar surface area (TPSA) is 38.3 Å². The molecule has 134 valence electrons. The summed E-state index contributed by atoms with van der Waals surface area (Å²) in [5.41, 5.74) is 0.842. The minimum Gasteiger partial charge on any atom is -0.480 e. The molecular formula is C23H25NO2. The summed E-state index contributed by atoms with van der Waals surface area (Å²) in [7, 11) is 0. The average Bonchev–Trinajstić information content (AvgIpc) is 2.62. The third-order valence-corrected chi connectivity index (χ3v) is 4.37. The molecule has 3 aromatic carbocycles. The monoisotopic (exact) mass is 347 g/mol. The molecule has 3 nitrogen and oxygen atoms in total. The highest BCUT2D eigenvalue weighted by molar-refractivity contribution is 5.89. The van der Waals surface area contributed by atoms with Gasteiger partial charge in [0.25, 0.3) is 5.91 Å². The molecule has 26 heavy (non-hydrogen) atoms. The van der Waals surface area contributed by atoms with E-state index < -0.39 is 6.10 Å². The Morgan fingerprint density at radius 2 is 1.62 bits per heavy atom. The minimum atomic E-state index is -0.573. The first-order valence-corrected chi connectivity index (χ1v) is 8.95. The Balaban J connectivity index is 1.67. The van der Waals surface area contributed by atoms with Crippen LogP contribution in [0.2, 0.25) is 0 Å². The third-order valence-electron chi connectivity index (χ3n) is 4.37. The lowest BCUT2D eigenvalue weighted by molar-refractivity contribution is -0.128. The number of hydrogen-bond donors (Lipinski definition) is 1. The fourth-order valence-electron chi connectivity index (χ4n) is 3.13. The predicted molar refractivity (Wildman–Crippen MR) is 106 cm³/mol. The molecule has 1 N–H and O–H groups in total. The van der Waals surface area contributed by atoms with E-state index in [1.54, 1.807) is 6.92 Å². The molecule has 0 unspecified atom stereocenters. The van der Waals surface area contributed by atoms with E-state index in [0.717, 1.165) is 22.9 Å². The van der Waals surface area contributed by atoms with Gasteiger partial charge in [-0.05, 0) is 44.2 Å². The molecule has 0 heterocycles. The van der Waals surface area contributed by atoms with Crippen molar-refractivity contribution in [3.05, 3.63) is 78.4 Å². The van der Waals surface area contributed by atoms with Crippen LogP contribution in [0, 0.1) is 0 Å². The number of ether oxygens (including phenoxy) is 1. The summed E-state index contributed by atoms with van der Waals surface area (Å²) in [5, 5.41) is 5.22. The molecule has 0 aliphatic rings. The Kier molecular flexibility index (Phi) is 5.27. The molecule has 0 radical (unpaired) electrons. The summed E-state index contributed by atoms with van der Waals surface area (Å²) < 4.78 is 5.97. The van der Waals surface area contributed by atoms with Gasteiger partial charge in [0.15, 0.2) is 6.10 Å². The van der Waals surface area contributed by atoms with Crippen molar-refractivity contribution < 1.29 is 9.53 Å². The molecule has 0 saturated heterocycles. The number of hydrogen-bond acceptors (Lipinski definition) is 2. The summed E-state index contributed by atoms with van der Waals surface area (Å²) in [6, 6.07) is 24.1. The molecule has 0 aliphatic carbocycles. The maximum absolute atomic E-state index is 12.7. The standard InChI is InChI=1S/C23H25NO2/c1-17(26-21-15-9-13-19-12-7-8-14-20(19)21)22(25)24-23(2,3)16-18-10-5-4-6-11-18/h4-15,17H,16H2,1-3H3,(H,24,25)/t17-/m0/s1. The second kappa shape index (κ2) is 7.61. The van der Waals surface area contributed by atoms with E-state index in [2.05, 4.69) is 17.4 Å². The van der Waals surface area contributed by atoms with Gasteiger partial charge in [-0.2, -0.15) is 0 Å². The van der Waals surface area contributed by atoms with Gasteiger partial charge in [0.05, 0.1) is 0 Å². The Morgan fingerprint density at radius 1 is 0.962 bits per heavy atom. The second-order valence-corrected chi connectivity index (χ2v) is 7.27. The highest BCUT2D eigenvalue weighted by atomic mass is 16.5. The lowest BCUT2D eigenvalue weighted by atomic mass is 9.94. The van der Waals surface area contributed by atoms with Gasteiger partial charge in [0.2, 0.25) is 0 Å². The van der Waals surface area contributed by atoms with Crippen LogP contribution in [0.15, 0.2) is 72.8 Å². The van der Waals surface area contributed by atoms with Crippen LogP contribution < -0.4 is 10.1 Å². The van der Waals surface area contributed by atoms with Crippen LogP contribution >= 0.6 is 0 Å². The van der Waals surface area contributed by atoms with Crippen molar-refractivity contribution in [2.24, 2.45) is 0 Å². The first-order valence-electron chi connectivity index (χ1n) is 8.95. The Morgan fingerprint density at radius 3 is 2.38 bits per heavy atom. The van der Waals surface area contributed by atoms with Crippen LogP contribution in [-0.4, -0.2) is 17.6 Å². The van der Waals surface area contributed by atoms with E-state index >= 15 is 0 Å². The quantitative estimate of drug-likeness (QED) is 0.699. The first-order chi connectivity index (χ1) is 12.4. The van der Waals surface area contributed by atoms with Crippen LogP contribution in [0.25, 0.3) is 10.8 Å². The zero-order chi connectivity index (χ0) is 18.6. The van der Waals surface area contributed by atoms with Crippen LogP contribution in [0.4, 0.5) is 0 Å². The van der Waals surface area contributed by atoms with Crippen molar-refractivity contribution in [2.45, 2.75) is 38.8 Å². The zero-order valence-corrected chi connectivity index (χ0v) is 15.5. The fourth-order valence-corrected chi connectivity index (χ4v) is 3.13. The normalized spacial score (nSPS) is 12.6. The van der Waals surface area contributed by atoms with Gasteiger partial charge in [-0.3, -0.25) is 4.79 Å². The van der Waals surface area contributed by atoms with Gasteiger partial charge >= 0.3 is 0 Å². The molecular weight excluding hydrogens is 322 g/mol. The largest absolute Gasteiger partial charge is 0.480 e. The van der Waals surface area contributed by atoms with Crippen molar-refractivity contribution in [3.63, 3.8) is 0 Å². The molecule has 3 rings (SSSR count). The lowest BCUT2D eigenvalue weighted by Crippen LogP contribution is -2.49. The molecule has 0 saturated carbocycles. The molecule has 3 aromatic rings. The number of carbonyl (C=O) groups excluding carboxylic acids is 1. The number of fused-ring (bicyclic) bond motifs is 1. The Labute approximate surface area is 155 Å². The average molecular weight is 347 g/mol. The summed E-state index contributed by atoms with van der Waals surface area (Å²) in [6.07, 6.45) is 0.191. The van der Waals surface area contributed by atoms with Crippen molar-refractivity contribution in [2.75, 3.05) is 0 Å². The Hall–Kier alpha value is -2.81. The van der Waals surface area contributed by atoms with Crippen molar-refractivity contribution in [1.29, 1.82) is 0 Å². The van der Waals surface area contributed by atoms with Gasteiger partial charge in [-0.25, -0.2) is 0 Å². The number of carbonyl (C=O) groups is 1. The highest BCUT2D eigenvalue weighted by Crippen LogP contribution is 2.26. The fraction of sp³-hybridized carbons (Fsp3) is 0.261. The lowest BCUT2D eigenvalue weighted by Gasteiger charge is -2.28. The van der Waals surface area contributed by atoms with Gasteiger partial charge in [0.1, 0.15) is 5.75 Å². The number of nitrogens with one attached hydrogen (secondary N) is 1. The van der Waals surface area contributed by atoms with E-state index in [0.29, 0.717) is 0 Å². The van der Waals surface area contributed by atoms with Crippen LogP contribution in [0.3, 0.4) is 0 Å². The molecule has 0 spiro atoms. The summed E-state index contributed by atoms with van der Waals surface area (Å²) in [5.74, 6) is 0.616. The van der Waals surface area contributed by atoms with E-state index in [4.69, 9.17) is 4.74 Å². The van der Waals surface area contributed by atoms with E-state index in [1.165, 1.54) is 5.56 Å². The maximum Gasteiger partial charge on any atom is 0.261 e.